The Morgan fingerprint density at radius 2 is 2.00 bits per heavy atom. The van der Waals surface area contributed by atoms with Crippen LogP contribution in [0.2, 0.25) is 0 Å². The van der Waals surface area contributed by atoms with Gasteiger partial charge in [-0.2, -0.15) is 0 Å². The first-order chi connectivity index (χ1) is 9.06. The van der Waals surface area contributed by atoms with Crippen molar-refractivity contribution in [2.24, 2.45) is 0 Å². The summed E-state index contributed by atoms with van der Waals surface area (Å²) in [6, 6.07) is 0.466. The van der Waals surface area contributed by atoms with Crippen LogP contribution in [0.25, 0.3) is 0 Å². The lowest BCUT2D eigenvalue weighted by molar-refractivity contribution is 0.0914. The fourth-order valence-corrected chi connectivity index (χ4v) is 3.34. The van der Waals surface area contributed by atoms with Crippen molar-refractivity contribution >= 4 is 11.3 Å². The fraction of sp³-hybridized carbons (Fsp3) is 0.800. The minimum atomic E-state index is 0.155. The van der Waals surface area contributed by atoms with Crippen molar-refractivity contribution in [1.29, 1.82) is 0 Å². The van der Waals surface area contributed by atoms with Crippen LogP contribution in [-0.2, 0) is 6.42 Å². The third-order valence-corrected chi connectivity index (χ3v) is 4.76. The van der Waals surface area contributed by atoms with Crippen LogP contribution in [0.5, 0.6) is 0 Å². The summed E-state index contributed by atoms with van der Waals surface area (Å²) < 4.78 is 0. The molecule has 0 aliphatic carbocycles. The Morgan fingerprint density at radius 1 is 1.32 bits per heavy atom. The van der Waals surface area contributed by atoms with E-state index in [0.29, 0.717) is 6.04 Å². The molecule has 0 aromatic carbocycles. The summed E-state index contributed by atoms with van der Waals surface area (Å²) in [5.41, 5.74) is 2.08. The average Bonchev–Trinajstić information content (AvgIpc) is 2.88. The Labute approximate surface area is 122 Å². The maximum atomic E-state index is 4.20. The molecule has 1 unspecified atom stereocenters. The fourth-order valence-electron chi connectivity index (χ4n) is 2.69. The lowest BCUT2D eigenvalue weighted by Gasteiger charge is -2.44. The van der Waals surface area contributed by atoms with Crippen LogP contribution in [0, 0.1) is 0 Å². The summed E-state index contributed by atoms with van der Waals surface area (Å²) in [5.74, 6) is 0. The van der Waals surface area contributed by atoms with Crippen LogP contribution >= 0.6 is 11.3 Å². The summed E-state index contributed by atoms with van der Waals surface area (Å²) in [4.78, 5) is 8.11. The van der Waals surface area contributed by atoms with Gasteiger partial charge < -0.3 is 5.32 Å². The smallest absolute Gasteiger partial charge is 0.0794 e. The van der Waals surface area contributed by atoms with Gasteiger partial charge in [0, 0.05) is 29.1 Å². The largest absolute Gasteiger partial charge is 0.312 e. The second kappa shape index (κ2) is 7.98. The summed E-state index contributed by atoms with van der Waals surface area (Å²) in [5, 5.41) is 3.73. The molecule has 3 nitrogen and oxygen atoms in total. The predicted molar refractivity (Wildman–Crippen MR) is 84.9 cm³/mol. The van der Waals surface area contributed by atoms with Crippen molar-refractivity contribution in [2.45, 2.75) is 59.0 Å². The van der Waals surface area contributed by atoms with E-state index < -0.39 is 0 Å². The minimum absolute atomic E-state index is 0.155. The first kappa shape index (κ1) is 16.6. The van der Waals surface area contributed by atoms with Crippen molar-refractivity contribution in [3.05, 3.63) is 16.6 Å². The third-order valence-electron chi connectivity index (χ3n) is 3.96. The van der Waals surface area contributed by atoms with Gasteiger partial charge in [-0.3, -0.25) is 9.88 Å². The number of aromatic nitrogens is 1. The number of likely N-dealkylation sites (N-methyl/N-ethyl adjacent to an activating group) is 1. The molecule has 0 saturated heterocycles. The Hall–Kier alpha value is -0.450. The van der Waals surface area contributed by atoms with Crippen molar-refractivity contribution in [3.63, 3.8) is 0 Å². The molecule has 0 radical (unpaired) electrons. The first-order valence-corrected chi connectivity index (χ1v) is 8.29. The van der Waals surface area contributed by atoms with Gasteiger partial charge in [0.05, 0.1) is 5.51 Å². The van der Waals surface area contributed by atoms with E-state index in [4.69, 9.17) is 0 Å². The van der Waals surface area contributed by atoms with E-state index in [0.717, 1.165) is 26.1 Å². The van der Waals surface area contributed by atoms with Crippen molar-refractivity contribution in [3.8, 4) is 0 Å². The number of nitrogens with zero attached hydrogens (tertiary/aromatic N) is 2. The molecule has 19 heavy (non-hydrogen) atoms. The van der Waals surface area contributed by atoms with Crippen LogP contribution in [0.1, 0.15) is 45.9 Å². The van der Waals surface area contributed by atoms with Gasteiger partial charge in [-0.25, -0.2) is 0 Å². The van der Waals surface area contributed by atoms with Crippen LogP contribution in [0.3, 0.4) is 0 Å². The minimum Gasteiger partial charge on any atom is -0.312 e. The molecule has 1 rings (SSSR count). The summed E-state index contributed by atoms with van der Waals surface area (Å²) >= 11 is 1.76. The molecule has 1 N–H and O–H groups in total. The zero-order chi connectivity index (χ0) is 14.3. The maximum Gasteiger partial charge on any atom is 0.0794 e. The van der Waals surface area contributed by atoms with Gasteiger partial charge in [0.15, 0.2) is 0 Å². The Kier molecular flexibility index (Phi) is 6.97. The van der Waals surface area contributed by atoms with E-state index in [1.807, 2.05) is 11.7 Å². The molecular weight excluding hydrogens is 254 g/mol. The molecule has 0 amide bonds. The molecule has 0 bridgehead atoms. The van der Waals surface area contributed by atoms with Gasteiger partial charge >= 0.3 is 0 Å². The number of hydrogen-bond acceptors (Lipinski definition) is 4. The highest BCUT2D eigenvalue weighted by Crippen LogP contribution is 2.23. The third kappa shape index (κ3) is 4.55. The van der Waals surface area contributed by atoms with Crippen LogP contribution < -0.4 is 5.32 Å². The summed E-state index contributed by atoms with van der Waals surface area (Å²) in [6.07, 6.45) is 4.24. The molecule has 0 saturated carbocycles. The molecule has 4 heteroatoms. The Morgan fingerprint density at radius 3 is 2.47 bits per heavy atom. The van der Waals surface area contributed by atoms with Crippen molar-refractivity contribution < 1.29 is 0 Å². The molecule has 0 aliphatic rings. The summed E-state index contributed by atoms with van der Waals surface area (Å²) in [7, 11) is 0. The molecule has 1 aromatic heterocycles. The quantitative estimate of drug-likeness (QED) is 0.754. The topological polar surface area (TPSA) is 28.2 Å². The number of thiazole rings is 1. The van der Waals surface area contributed by atoms with Crippen molar-refractivity contribution in [1.82, 2.24) is 15.2 Å². The van der Waals surface area contributed by atoms with E-state index in [1.54, 1.807) is 11.3 Å². The van der Waals surface area contributed by atoms with Gasteiger partial charge in [-0.15, -0.1) is 11.3 Å². The normalized spacial score (nSPS) is 14.0. The lowest BCUT2D eigenvalue weighted by atomic mass is 9.89. The number of nitrogens with one attached hydrogen (secondary N) is 1. The monoisotopic (exact) mass is 283 g/mol. The van der Waals surface area contributed by atoms with Crippen LogP contribution in [0.4, 0.5) is 0 Å². The molecule has 0 aliphatic heterocycles. The highest BCUT2D eigenvalue weighted by atomic mass is 32.1. The van der Waals surface area contributed by atoms with Crippen LogP contribution in [-0.4, -0.2) is 41.1 Å². The van der Waals surface area contributed by atoms with Gasteiger partial charge in [0.25, 0.3) is 0 Å². The molecule has 1 atom stereocenters. The van der Waals surface area contributed by atoms with Crippen molar-refractivity contribution in [2.75, 3.05) is 19.6 Å². The molecular formula is C15H29N3S. The predicted octanol–water partition coefficient (Wildman–Crippen LogP) is 3.17. The molecule has 1 aromatic rings. The lowest BCUT2D eigenvalue weighted by Crippen LogP contribution is -2.58. The number of hydrogen-bond donors (Lipinski definition) is 1. The zero-order valence-electron chi connectivity index (χ0n) is 13.1. The maximum absolute atomic E-state index is 4.20. The molecule has 0 fully saturated rings. The average molecular weight is 283 g/mol. The van der Waals surface area contributed by atoms with E-state index >= 15 is 0 Å². The van der Waals surface area contributed by atoms with Gasteiger partial charge in [0.1, 0.15) is 0 Å². The molecule has 0 spiro atoms. The highest BCUT2D eigenvalue weighted by Gasteiger charge is 2.33. The van der Waals surface area contributed by atoms with Gasteiger partial charge in [0.2, 0.25) is 0 Å². The second-order valence-electron chi connectivity index (χ2n) is 5.50. The van der Waals surface area contributed by atoms with Gasteiger partial charge in [-0.05, 0) is 39.9 Å². The zero-order valence-corrected chi connectivity index (χ0v) is 13.9. The standard InChI is InChI=1S/C15H29N3S/c1-6-9-17-14(10-13-11-16-12-19-13)15(4,5)18(7-2)8-3/h11-12,14,17H,6-10H2,1-5H3. The van der Waals surface area contributed by atoms with Gasteiger partial charge in [-0.1, -0.05) is 20.8 Å². The molecule has 1 heterocycles. The van der Waals surface area contributed by atoms with E-state index in [1.165, 1.54) is 11.3 Å². The molecule has 110 valence electrons. The van der Waals surface area contributed by atoms with E-state index in [2.05, 4.69) is 49.8 Å². The first-order valence-electron chi connectivity index (χ1n) is 7.41. The second-order valence-corrected chi connectivity index (χ2v) is 6.48. The van der Waals surface area contributed by atoms with E-state index in [-0.39, 0.29) is 5.54 Å². The number of rotatable bonds is 9. The summed E-state index contributed by atoms with van der Waals surface area (Å²) in [6.45, 7) is 14.7. The Balaban J connectivity index is 2.81. The van der Waals surface area contributed by atoms with E-state index in [9.17, 15) is 0 Å². The SMILES string of the molecule is CCCNC(Cc1cncs1)C(C)(C)N(CC)CC. The Bertz CT molecular complexity index is 331. The highest BCUT2D eigenvalue weighted by molar-refractivity contribution is 7.09. The van der Waals surface area contributed by atoms with Crippen LogP contribution in [0.15, 0.2) is 11.7 Å².